The van der Waals surface area contributed by atoms with Gasteiger partial charge >= 0.3 is 0 Å². The first-order valence-corrected chi connectivity index (χ1v) is 8.46. The number of amides is 1. The quantitative estimate of drug-likeness (QED) is 0.749. The molecule has 0 aliphatic carbocycles. The van der Waals surface area contributed by atoms with Crippen molar-refractivity contribution in [3.63, 3.8) is 0 Å². The summed E-state index contributed by atoms with van der Waals surface area (Å²) in [5, 5.41) is 17.1. The predicted molar refractivity (Wildman–Crippen MR) is 101 cm³/mol. The number of carbonyl (C=O) groups excluding carboxylic acids is 1. The van der Waals surface area contributed by atoms with Crippen molar-refractivity contribution >= 4 is 23.2 Å². The zero-order chi connectivity index (χ0) is 18.7. The summed E-state index contributed by atoms with van der Waals surface area (Å²) in [6, 6.07) is 16.2. The molecule has 6 heteroatoms. The second-order valence-electron chi connectivity index (χ2n) is 5.94. The molecular formula is C20H17ClN4O. The van der Waals surface area contributed by atoms with Crippen LogP contribution in [-0.4, -0.2) is 15.7 Å². The van der Waals surface area contributed by atoms with Crippen molar-refractivity contribution < 1.29 is 4.79 Å². The van der Waals surface area contributed by atoms with E-state index >= 15 is 0 Å². The molecule has 5 nitrogen and oxygen atoms in total. The highest BCUT2D eigenvalue weighted by molar-refractivity contribution is 6.31. The SMILES string of the molecule is Cc1nn(Cc2ccccc2Cl)c(C)c1NC(=O)c1cccc(C#N)c1. The number of aromatic nitrogens is 2. The fraction of sp³-hybridized carbons (Fsp3) is 0.150. The molecule has 1 N–H and O–H groups in total. The second-order valence-corrected chi connectivity index (χ2v) is 6.35. The molecule has 0 bridgehead atoms. The number of halogens is 1. The van der Waals surface area contributed by atoms with Gasteiger partial charge in [-0.15, -0.1) is 0 Å². The van der Waals surface area contributed by atoms with Gasteiger partial charge in [0.25, 0.3) is 5.91 Å². The van der Waals surface area contributed by atoms with Crippen LogP contribution in [0.25, 0.3) is 0 Å². The number of rotatable bonds is 4. The summed E-state index contributed by atoms with van der Waals surface area (Å²) >= 11 is 6.23. The van der Waals surface area contributed by atoms with Gasteiger partial charge in [0.2, 0.25) is 0 Å². The molecule has 0 fully saturated rings. The monoisotopic (exact) mass is 364 g/mol. The Hall–Kier alpha value is -3.10. The first-order valence-electron chi connectivity index (χ1n) is 8.08. The fourth-order valence-electron chi connectivity index (χ4n) is 2.74. The summed E-state index contributed by atoms with van der Waals surface area (Å²) in [6.45, 7) is 4.27. The molecule has 130 valence electrons. The van der Waals surface area contributed by atoms with E-state index in [4.69, 9.17) is 16.9 Å². The molecule has 0 aliphatic heterocycles. The van der Waals surface area contributed by atoms with Crippen LogP contribution in [0.2, 0.25) is 5.02 Å². The molecule has 0 aliphatic rings. The maximum atomic E-state index is 12.5. The summed E-state index contributed by atoms with van der Waals surface area (Å²) in [5.41, 5.74) is 4.07. The lowest BCUT2D eigenvalue weighted by Gasteiger charge is -2.08. The number of nitrogens with one attached hydrogen (secondary N) is 1. The van der Waals surface area contributed by atoms with Crippen molar-refractivity contribution in [1.82, 2.24) is 9.78 Å². The molecule has 0 spiro atoms. The van der Waals surface area contributed by atoms with Gasteiger partial charge in [0.05, 0.1) is 35.3 Å². The third kappa shape index (κ3) is 3.61. The molecule has 0 unspecified atom stereocenters. The van der Waals surface area contributed by atoms with Crippen LogP contribution in [0, 0.1) is 25.2 Å². The molecule has 3 rings (SSSR count). The normalized spacial score (nSPS) is 10.4. The van der Waals surface area contributed by atoms with Gasteiger partial charge in [0.15, 0.2) is 0 Å². The third-order valence-electron chi connectivity index (χ3n) is 4.15. The van der Waals surface area contributed by atoms with Crippen molar-refractivity contribution in [2.75, 3.05) is 5.32 Å². The molecule has 26 heavy (non-hydrogen) atoms. The lowest BCUT2D eigenvalue weighted by atomic mass is 10.1. The fourth-order valence-corrected chi connectivity index (χ4v) is 2.93. The number of hydrogen-bond acceptors (Lipinski definition) is 3. The smallest absolute Gasteiger partial charge is 0.255 e. The van der Waals surface area contributed by atoms with Gasteiger partial charge in [-0.1, -0.05) is 35.9 Å². The minimum atomic E-state index is -0.273. The minimum absolute atomic E-state index is 0.273. The Morgan fingerprint density at radius 2 is 2.00 bits per heavy atom. The van der Waals surface area contributed by atoms with Crippen LogP contribution >= 0.6 is 11.6 Å². The van der Waals surface area contributed by atoms with Gasteiger partial charge in [-0.25, -0.2) is 0 Å². The number of hydrogen-bond donors (Lipinski definition) is 1. The number of nitriles is 1. The summed E-state index contributed by atoms with van der Waals surface area (Å²) in [6.07, 6.45) is 0. The summed E-state index contributed by atoms with van der Waals surface area (Å²) in [5.74, 6) is -0.273. The zero-order valence-corrected chi connectivity index (χ0v) is 15.2. The van der Waals surface area contributed by atoms with E-state index < -0.39 is 0 Å². The zero-order valence-electron chi connectivity index (χ0n) is 14.5. The highest BCUT2D eigenvalue weighted by atomic mass is 35.5. The lowest BCUT2D eigenvalue weighted by Crippen LogP contribution is -2.13. The maximum absolute atomic E-state index is 12.5. The molecule has 0 saturated heterocycles. The van der Waals surface area contributed by atoms with Gasteiger partial charge < -0.3 is 5.32 Å². The van der Waals surface area contributed by atoms with Gasteiger partial charge in [0.1, 0.15) is 0 Å². The van der Waals surface area contributed by atoms with Gasteiger partial charge in [-0.05, 0) is 43.7 Å². The number of anilines is 1. The minimum Gasteiger partial charge on any atom is -0.319 e. The average Bonchev–Trinajstić information content (AvgIpc) is 2.91. The van der Waals surface area contributed by atoms with Crippen LogP contribution in [0.3, 0.4) is 0 Å². The Kier molecular flexibility index (Phi) is 5.06. The van der Waals surface area contributed by atoms with Crippen LogP contribution in [0.5, 0.6) is 0 Å². The Balaban J connectivity index is 1.85. The van der Waals surface area contributed by atoms with E-state index in [9.17, 15) is 4.79 Å². The van der Waals surface area contributed by atoms with E-state index in [0.717, 1.165) is 17.0 Å². The highest BCUT2D eigenvalue weighted by Gasteiger charge is 2.16. The van der Waals surface area contributed by atoms with E-state index in [0.29, 0.717) is 28.4 Å². The van der Waals surface area contributed by atoms with E-state index in [1.807, 2.05) is 48.9 Å². The molecule has 2 aromatic carbocycles. The van der Waals surface area contributed by atoms with Crippen LogP contribution in [0.15, 0.2) is 48.5 Å². The first-order chi connectivity index (χ1) is 12.5. The largest absolute Gasteiger partial charge is 0.319 e. The average molecular weight is 365 g/mol. The number of carbonyl (C=O) groups is 1. The third-order valence-corrected chi connectivity index (χ3v) is 4.52. The Morgan fingerprint density at radius 1 is 1.23 bits per heavy atom. The molecule has 0 saturated carbocycles. The number of aryl methyl sites for hydroxylation is 1. The summed E-state index contributed by atoms with van der Waals surface area (Å²) in [4.78, 5) is 12.5. The van der Waals surface area contributed by atoms with E-state index in [2.05, 4.69) is 10.4 Å². The van der Waals surface area contributed by atoms with Crippen LogP contribution < -0.4 is 5.32 Å². The van der Waals surface area contributed by atoms with Crippen LogP contribution in [0.4, 0.5) is 5.69 Å². The highest BCUT2D eigenvalue weighted by Crippen LogP contribution is 2.23. The first kappa shape index (κ1) is 17.7. The molecule has 1 heterocycles. The van der Waals surface area contributed by atoms with E-state index in [-0.39, 0.29) is 5.91 Å². The van der Waals surface area contributed by atoms with Crippen molar-refractivity contribution in [2.24, 2.45) is 0 Å². The van der Waals surface area contributed by atoms with Gasteiger partial charge in [-0.2, -0.15) is 10.4 Å². The molecule has 1 aromatic heterocycles. The summed E-state index contributed by atoms with van der Waals surface area (Å²) < 4.78 is 1.82. The van der Waals surface area contributed by atoms with Crippen molar-refractivity contribution in [1.29, 1.82) is 5.26 Å². The molecule has 0 atom stereocenters. The standard InChI is InChI=1S/C20H17ClN4O/c1-13-19(23-20(26)16-8-5-6-15(10-16)11-22)14(2)25(24-13)12-17-7-3-4-9-18(17)21/h3-10H,12H2,1-2H3,(H,23,26). The van der Waals surface area contributed by atoms with Crippen molar-refractivity contribution in [3.05, 3.63) is 81.6 Å². The molecule has 3 aromatic rings. The Labute approximate surface area is 156 Å². The topological polar surface area (TPSA) is 70.7 Å². The van der Waals surface area contributed by atoms with Crippen molar-refractivity contribution in [2.45, 2.75) is 20.4 Å². The van der Waals surface area contributed by atoms with E-state index in [1.165, 1.54) is 0 Å². The maximum Gasteiger partial charge on any atom is 0.255 e. The van der Waals surface area contributed by atoms with Gasteiger partial charge in [-0.3, -0.25) is 9.48 Å². The predicted octanol–water partition coefficient (Wildman–Crippen LogP) is 4.33. The molecular weight excluding hydrogens is 348 g/mol. The summed E-state index contributed by atoms with van der Waals surface area (Å²) in [7, 11) is 0. The molecule has 0 radical (unpaired) electrons. The Bertz CT molecular complexity index is 1020. The number of benzene rings is 2. The van der Waals surface area contributed by atoms with E-state index in [1.54, 1.807) is 24.3 Å². The van der Waals surface area contributed by atoms with Crippen LogP contribution in [-0.2, 0) is 6.54 Å². The lowest BCUT2D eigenvalue weighted by molar-refractivity contribution is 0.102. The molecule has 1 amide bonds. The van der Waals surface area contributed by atoms with Crippen LogP contribution in [0.1, 0.15) is 32.9 Å². The number of nitrogens with zero attached hydrogens (tertiary/aromatic N) is 3. The van der Waals surface area contributed by atoms with Crippen molar-refractivity contribution in [3.8, 4) is 6.07 Å². The Morgan fingerprint density at radius 3 is 2.73 bits per heavy atom. The van der Waals surface area contributed by atoms with Gasteiger partial charge in [0, 0.05) is 10.6 Å². The second kappa shape index (κ2) is 7.42.